The number of aromatic nitrogens is 2. The van der Waals surface area contributed by atoms with Crippen LogP contribution in [-0.2, 0) is 11.2 Å². The van der Waals surface area contributed by atoms with Crippen LogP contribution in [-0.4, -0.2) is 21.1 Å². The molecule has 0 fully saturated rings. The van der Waals surface area contributed by atoms with Crippen LogP contribution in [0.3, 0.4) is 0 Å². The van der Waals surface area contributed by atoms with Crippen LogP contribution in [0.2, 0.25) is 0 Å². The molecule has 5 nitrogen and oxygen atoms in total. The maximum absolute atomic E-state index is 10.5. The van der Waals surface area contributed by atoms with E-state index in [0.717, 1.165) is 0 Å². The highest BCUT2D eigenvalue weighted by Crippen LogP contribution is 1.87. The van der Waals surface area contributed by atoms with Crippen LogP contribution < -0.4 is 5.48 Å². The molecule has 0 aliphatic heterocycles. The molecule has 1 heterocycles. The molecule has 0 atom stereocenters. The van der Waals surface area contributed by atoms with Gasteiger partial charge in [0.15, 0.2) is 0 Å². The summed E-state index contributed by atoms with van der Waals surface area (Å²) in [5.41, 5.74) is 1.49. The van der Waals surface area contributed by atoms with Gasteiger partial charge in [0.1, 0.15) is 5.82 Å². The molecule has 58 valence electrons. The van der Waals surface area contributed by atoms with Gasteiger partial charge >= 0.3 is 0 Å². The quantitative estimate of drug-likeness (QED) is 0.444. The van der Waals surface area contributed by atoms with E-state index in [2.05, 4.69) is 9.97 Å². The summed E-state index contributed by atoms with van der Waals surface area (Å²) in [6.07, 6.45) is 3.07. The Balaban J connectivity index is 2.58. The minimum Gasteiger partial charge on any atom is -0.289 e. The van der Waals surface area contributed by atoms with Crippen molar-refractivity contribution in [2.75, 3.05) is 0 Å². The molecular weight excluding hydrogens is 146 g/mol. The molecule has 0 unspecified atom stereocenters. The number of hydrogen-bond donors (Lipinski definition) is 2. The zero-order valence-electron chi connectivity index (χ0n) is 5.69. The summed E-state index contributed by atoms with van der Waals surface area (Å²) < 4.78 is 0. The van der Waals surface area contributed by atoms with Crippen LogP contribution >= 0.6 is 0 Å². The first-order valence-electron chi connectivity index (χ1n) is 3.02. The van der Waals surface area contributed by atoms with E-state index in [9.17, 15) is 4.79 Å². The molecule has 0 aromatic carbocycles. The highest BCUT2D eigenvalue weighted by Gasteiger charge is 2.01. The van der Waals surface area contributed by atoms with Crippen LogP contribution in [0.4, 0.5) is 0 Å². The van der Waals surface area contributed by atoms with Crippen LogP contribution in [0.5, 0.6) is 0 Å². The number of amides is 1. The van der Waals surface area contributed by atoms with E-state index in [4.69, 9.17) is 5.21 Å². The number of carbonyl (C=O) groups is 1. The zero-order valence-corrected chi connectivity index (χ0v) is 5.69. The lowest BCUT2D eigenvalue weighted by Gasteiger charge is -1.95. The molecule has 0 spiro atoms. The van der Waals surface area contributed by atoms with Crippen molar-refractivity contribution in [2.24, 2.45) is 0 Å². The molecule has 0 saturated heterocycles. The third-order valence-electron chi connectivity index (χ3n) is 1.06. The zero-order chi connectivity index (χ0) is 8.10. The van der Waals surface area contributed by atoms with Gasteiger partial charge in [-0.15, -0.1) is 0 Å². The Kier molecular flexibility index (Phi) is 2.51. The molecule has 11 heavy (non-hydrogen) atoms. The second-order valence-corrected chi connectivity index (χ2v) is 1.88. The van der Waals surface area contributed by atoms with E-state index in [1.165, 1.54) is 17.9 Å². The fourth-order valence-electron chi connectivity index (χ4n) is 0.604. The number of nitrogens with one attached hydrogen (secondary N) is 1. The summed E-state index contributed by atoms with van der Waals surface area (Å²) >= 11 is 0. The lowest BCUT2D eigenvalue weighted by molar-refractivity contribution is -0.128. The first kappa shape index (κ1) is 7.62. The summed E-state index contributed by atoms with van der Waals surface area (Å²) in [6, 6.07) is 1.65. The van der Waals surface area contributed by atoms with E-state index >= 15 is 0 Å². The Labute approximate surface area is 63.1 Å². The van der Waals surface area contributed by atoms with Gasteiger partial charge < -0.3 is 0 Å². The SMILES string of the molecule is O=C(Cc1ncccn1)NO. The van der Waals surface area contributed by atoms with Crippen molar-refractivity contribution in [3.63, 3.8) is 0 Å². The first-order chi connectivity index (χ1) is 5.33. The second kappa shape index (κ2) is 3.62. The Morgan fingerprint density at radius 3 is 2.73 bits per heavy atom. The molecular formula is C6H7N3O2. The molecule has 0 saturated carbocycles. The molecule has 2 N–H and O–H groups in total. The molecule has 0 radical (unpaired) electrons. The molecule has 0 bridgehead atoms. The standard InChI is InChI=1S/C6H7N3O2/c10-6(9-11)4-5-7-2-1-3-8-5/h1-3,11H,4H2,(H,9,10). The minimum absolute atomic E-state index is 0.00264. The summed E-state index contributed by atoms with van der Waals surface area (Å²) in [7, 11) is 0. The van der Waals surface area contributed by atoms with Gasteiger partial charge in [0.25, 0.3) is 5.91 Å². The molecule has 0 aliphatic carbocycles. The van der Waals surface area contributed by atoms with Crippen molar-refractivity contribution >= 4 is 5.91 Å². The Morgan fingerprint density at radius 1 is 1.55 bits per heavy atom. The molecule has 5 heteroatoms. The average molecular weight is 153 g/mol. The van der Waals surface area contributed by atoms with Crippen molar-refractivity contribution in [1.82, 2.24) is 15.4 Å². The minimum atomic E-state index is -0.517. The van der Waals surface area contributed by atoms with Gasteiger partial charge in [-0.3, -0.25) is 10.0 Å². The Bertz CT molecular complexity index is 237. The van der Waals surface area contributed by atoms with Gasteiger partial charge in [-0.2, -0.15) is 0 Å². The van der Waals surface area contributed by atoms with Crippen molar-refractivity contribution in [3.05, 3.63) is 24.3 Å². The molecule has 1 aromatic heterocycles. The highest BCUT2D eigenvalue weighted by molar-refractivity contribution is 5.76. The topological polar surface area (TPSA) is 75.1 Å². The number of carbonyl (C=O) groups excluding carboxylic acids is 1. The van der Waals surface area contributed by atoms with Crippen molar-refractivity contribution in [1.29, 1.82) is 0 Å². The van der Waals surface area contributed by atoms with Crippen molar-refractivity contribution < 1.29 is 10.0 Å². The molecule has 1 rings (SSSR count). The van der Waals surface area contributed by atoms with Gasteiger partial charge in [-0.1, -0.05) is 0 Å². The van der Waals surface area contributed by atoms with Gasteiger partial charge in [0.2, 0.25) is 0 Å². The monoisotopic (exact) mass is 153 g/mol. The van der Waals surface area contributed by atoms with Crippen LogP contribution in [0.1, 0.15) is 5.82 Å². The van der Waals surface area contributed by atoms with Crippen LogP contribution in [0, 0.1) is 0 Å². The maximum Gasteiger partial charge on any atom is 0.250 e. The summed E-state index contributed by atoms with van der Waals surface area (Å²) in [5.74, 6) is -0.129. The fourth-order valence-corrected chi connectivity index (χ4v) is 0.604. The largest absolute Gasteiger partial charge is 0.289 e. The van der Waals surface area contributed by atoms with Crippen LogP contribution in [0.15, 0.2) is 18.5 Å². The Hall–Kier alpha value is -1.49. The molecule has 0 aliphatic rings. The summed E-state index contributed by atoms with van der Waals surface area (Å²) in [6.45, 7) is 0. The maximum atomic E-state index is 10.5. The van der Waals surface area contributed by atoms with Gasteiger partial charge in [0, 0.05) is 12.4 Å². The third-order valence-corrected chi connectivity index (χ3v) is 1.06. The van der Waals surface area contributed by atoms with E-state index in [1.54, 1.807) is 6.07 Å². The summed E-state index contributed by atoms with van der Waals surface area (Å²) in [5, 5.41) is 8.14. The van der Waals surface area contributed by atoms with Gasteiger partial charge in [-0.05, 0) is 6.07 Å². The van der Waals surface area contributed by atoms with E-state index in [-0.39, 0.29) is 6.42 Å². The van der Waals surface area contributed by atoms with Crippen molar-refractivity contribution in [2.45, 2.75) is 6.42 Å². The summed E-state index contributed by atoms with van der Waals surface area (Å²) in [4.78, 5) is 18.1. The molecule has 1 aromatic rings. The third kappa shape index (κ3) is 2.30. The molecule has 1 amide bonds. The van der Waals surface area contributed by atoms with Crippen LogP contribution in [0.25, 0.3) is 0 Å². The van der Waals surface area contributed by atoms with E-state index in [0.29, 0.717) is 5.82 Å². The number of nitrogens with zero attached hydrogens (tertiary/aromatic N) is 2. The van der Waals surface area contributed by atoms with E-state index < -0.39 is 5.91 Å². The van der Waals surface area contributed by atoms with E-state index in [1.807, 2.05) is 0 Å². The highest BCUT2D eigenvalue weighted by atomic mass is 16.5. The number of hydrogen-bond acceptors (Lipinski definition) is 4. The smallest absolute Gasteiger partial charge is 0.250 e. The number of hydroxylamine groups is 1. The first-order valence-corrected chi connectivity index (χ1v) is 3.02. The van der Waals surface area contributed by atoms with Gasteiger partial charge in [-0.25, -0.2) is 15.4 Å². The predicted octanol–water partition coefficient (Wildman–Crippen LogP) is -0.475. The lowest BCUT2D eigenvalue weighted by Crippen LogP contribution is -2.21. The average Bonchev–Trinajstić information content (AvgIpc) is 2.06. The normalized spacial score (nSPS) is 9.18. The van der Waals surface area contributed by atoms with Crippen molar-refractivity contribution in [3.8, 4) is 0 Å². The fraction of sp³-hybridized carbons (Fsp3) is 0.167. The Morgan fingerprint density at radius 2 is 2.18 bits per heavy atom. The lowest BCUT2D eigenvalue weighted by atomic mass is 10.4. The second-order valence-electron chi connectivity index (χ2n) is 1.88. The predicted molar refractivity (Wildman–Crippen MR) is 35.7 cm³/mol. The van der Waals surface area contributed by atoms with Gasteiger partial charge in [0.05, 0.1) is 6.42 Å². The number of rotatable bonds is 2.